The zero-order chi connectivity index (χ0) is 14.5. The van der Waals surface area contributed by atoms with Gasteiger partial charge in [0.25, 0.3) is 0 Å². The first-order valence-electron chi connectivity index (χ1n) is 5.94. The number of nitrogens with one attached hydrogen (secondary N) is 1. The summed E-state index contributed by atoms with van der Waals surface area (Å²) < 4.78 is 0. The van der Waals surface area contributed by atoms with Crippen LogP contribution in [0, 0.1) is 0 Å². The van der Waals surface area contributed by atoms with Crippen molar-refractivity contribution in [1.82, 2.24) is 0 Å². The summed E-state index contributed by atoms with van der Waals surface area (Å²) in [7, 11) is 0. The molecular weight excluding hydrogens is 274 g/mol. The lowest BCUT2D eigenvalue weighted by molar-refractivity contribution is -0.114. The third-order valence-corrected chi connectivity index (χ3v) is 3.59. The van der Waals surface area contributed by atoms with Gasteiger partial charge in [-0.15, -0.1) is 0 Å². The number of rotatable bonds is 4. The minimum atomic E-state index is -1.02. The van der Waals surface area contributed by atoms with Gasteiger partial charge < -0.3 is 10.4 Å². The fraction of sp³-hybridized carbons (Fsp3) is 0.0667. The van der Waals surface area contributed by atoms with Crippen LogP contribution < -0.4 is 5.32 Å². The molecule has 0 saturated heterocycles. The van der Waals surface area contributed by atoms with E-state index in [-0.39, 0.29) is 11.5 Å². The van der Waals surface area contributed by atoms with E-state index in [1.807, 2.05) is 30.3 Å². The van der Waals surface area contributed by atoms with Crippen molar-refractivity contribution in [2.45, 2.75) is 16.7 Å². The van der Waals surface area contributed by atoms with Gasteiger partial charge in [-0.1, -0.05) is 30.0 Å². The second-order valence-corrected chi connectivity index (χ2v) is 5.23. The van der Waals surface area contributed by atoms with Crippen LogP contribution in [0.5, 0.6) is 0 Å². The van der Waals surface area contributed by atoms with Crippen molar-refractivity contribution in [3.63, 3.8) is 0 Å². The van der Waals surface area contributed by atoms with Gasteiger partial charge in [0.1, 0.15) is 0 Å². The Morgan fingerprint density at radius 1 is 1.10 bits per heavy atom. The van der Waals surface area contributed by atoms with Crippen LogP contribution in [0.1, 0.15) is 17.3 Å². The summed E-state index contributed by atoms with van der Waals surface area (Å²) in [6, 6.07) is 14.4. The summed E-state index contributed by atoms with van der Waals surface area (Å²) in [5, 5.41) is 11.7. The molecule has 2 rings (SSSR count). The highest BCUT2D eigenvalue weighted by Gasteiger charge is 2.10. The quantitative estimate of drug-likeness (QED) is 0.903. The number of anilines is 1. The van der Waals surface area contributed by atoms with E-state index in [1.165, 1.54) is 30.8 Å². The van der Waals surface area contributed by atoms with Gasteiger partial charge in [-0.25, -0.2) is 4.79 Å². The topological polar surface area (TPSA) is 66.4 Å². The van der Waals surface area contributed by atoms with E-state index in [0.717, 1.165) is 9.79 Å². The molecule has 0 atom stereocenters. The first-order chi connectivity index (χ1) is 9.56. The highest BCUT2D eigenvalue weighted by atomic mass is 32.2. The third kappa shape index (κ3) is 3.61. The largest absolute Gasteiger partial charge is 0.478 e. The fourth-order valence-corrected chi connectivity index (χ4v) is 2.56. The number of hydrogen-bond acceptors (Lipinski definition) is 3. The Morgan fingerprint density at radius 3 is 2.40 bits per heavy atom. The summed E-state index contributed by atoms with van der Waals surface area (Å²) in [5.41, 5.74) is 0.650. The van der Waals surface area contributed by atoms with E-state index in [4.69, 9.17) is 5.11 Å². The highest BCUT2D eigenvalue weighted by Crippen LogP contribution is 2.34. The number of carbonyl (C=O) groups is 2. The van der Waals surface area contributed by atoms with Crippen LogP contribution in [0.25, 0.3) is 0 Å². The van der Waals surface area contributed by atoms with Crippen molar-refractivity contribution >= 4 is 29.3 Å². The van der Waals surface area contributed by atoms with Crippen molar-refractivity contribution in [3.05, 3.63) is 54.1 Å². The average Bonchev–Trinajstić information content (AvgIpc) is 2.41. The van der Waals surface area contributed by atoms with Gasteiger partial charge >= 0.3 is 5.97 Å². The first-order valence-corrected chi connectivity index (χ1v) is 6.76. The van der Waals surface area contributed by atoms with Gasteiger partial charge in [-0.3, -0.25) is 4.79 Å². The molecule has 0 bridgehead atoms. The summed E-state index contributed by atoms with van der Waals surface area (Å²) in [4.78, 5) is 24.0. The predicted molar refractivity (Wildman–Crippen MR) is 78.3 cm³/mol. The Bertz CT molecular complexity index is 641. The lowest BCUT2D eigenvalue weighted by Gasteiger charge is -2.10. The Balaban J connectivity index is 2.36. The average molecular weight is 287 g/mol. The van der Waals surface area contributed by atoms with E-state index >= 15 is 0 Å². The molecule has 102 valence electrons. The van der Waals surface area contributed by atoms with Crippen molar-refractivity contribution in [1.29, 1.82) is 0 Å². The summed E-state index contributed by atoms with van der Waals surface area (Å²) >= 11 is 1.47. The lowest BCUT2D eigenvalue weighted by atomic mass is 10.2. The van der Waals surface area contributed by atoms with Crippen molar-refractivity contribution in [2.24, 2.45) is 0 Å². The Kier molecular flexibility index (Phi) is 4.42. The highest BCUT2D eigenvalue weighted by molar-refractivity contribution is 7.99. The molecule has 0 heterocycles. The maximum atomic E-state index is 11.2. The van der Waals surface area contributed by atoms with Gasteiger partial charge in [0, 0.05) is 16.7 Å². The monoisotopic (exact) mass is 287 g/mol. The predicted octanol–water partition coefficient (Wildman–Crippen LogP) is 3.49. The summed E-state index contributed by atoms with van der Waals surface area (Å²) in [5.74, 6) is -1.25. The van der Waals surface area contributed by atoms with Crippen LogP contribution in [0.3, 0.4) is 0 Å². The molecule has 0 fully saturated rings. The number of carbonyl (C=O) groups excluding carboxylic acids is 1. The molecule has 0 aliphatic heterocycles. The van der Waals surface area contributed by atoms with Crippen LogP contribution in [0.2, 0.25) is 0 Å². The van der Waals surface area contributed by atoms with E-state index in [9.17, 15) is 9.59 Å². The summed E-state index contributed by atoms with van der Waals surface area (Å²) in [6.45, 7) is 1.39. The molecular formula is C15H13NO3S. The molecule has 2 aromatic rings. The van der Waals surface area contributed by atoms with E-state index in [1.54, 1.807) is 6.07 Å². The van der Waals surface area contributed by atoms with Crippen molar-refractivity contribution < 1.29 is 14.7 Å². The van der Waals surface area contributed by atoms with Gasteiger partial charge in [-0.05, 0) is 30.3 Å². The first kappa shape index (κ1) is 14.1. The number of aromatic carboxylic acids is 1. The SMILES string of the molecule is CC(=O)Nc1cc(C(=O)O)ccc1Sc1ccccc1. The molecule has 0 spiro atoms. The minimum absolute atomic E-state index is 0.145. The zero-order valence-electron chi connectivity index (χ0n) is 10.8. The Morgan fingerprint density at radius 2 is 1.80 bits per heavy atom. The van der Waals surface area contributed by atoms with Crippen LogP contribution in [0.4, 0.5) is 5.69 Å². The van der Waals surface area contributed by atoms with Crippen LogP contribution >= 0.6 is 11.8 Å². The smallest absolute Gasteiger partial charge is 0.335 e. The van der Waals surface area contributed by atoms with Gasteiger partial charge in [0.2, 0.25) is 5.91 Å². The molecule has 0 radical (unpaired) electrons. The maximum Gasteiger partial charge on any atom is 0.335 e. The number of benzene rings is 2. The molecule has 0 unspecified atom stereocenters. The lowest BCUT2D eigenvalue weighted by Crippen LogP contribution is -2.08. The normalized spacial score (nSPS) is 10.1. The molecule has 0 aliphatic rings. The second kappa shape index (κ2) is 6.25. The molecule has 1 amide bonds. The van der Waals surface area contributed by atoms with Gasteiger partial charge in [0.15, 0.2) is 0 Å². The number of carboxylic acid groups (broad SMARTS) is 1. The molecule has 0 aromatic heterocycles. The minimum Gasteiger partial charge on any atom is -0.478 e. The molecule has 0 saturated carbocycles. The molecule has 2 N–H and O–H groups in total. The molecule has 5 heteroatoms. The van der Waals surface area contributed by atoms with Crippen molar-refractivity contribution in [3.8, 4) is 0 Å². The maximum absolute atomic E-state index is 11.2. The third-order valence-electron chi connectivity index (χ3n) is 2.51. The second-order valence-electron chi connectivity index (χ2n) is 4.11. The number of carboxylic acids is 1. The fourth-order valence-electron chi connectivity index (χ4n) is 1.65. The molecule has 0 aliphatic carbocycles. The molecule has 4 nitrogen and oxygen atoms in total. The number of hydrogen-bond donors (Lipinski definition) is 2. The van der Waals surface area contributed by atoms with Crippen molar-refractivity contribution in [2.75, 3.05) is 5.32 Å². The van der Waals surface area contributed by atoms with Gasteiger partial charge in [-0.2, -0.15) is 0 Å². The Labute approximate surface area is 120 Å². The Hall–Kier alpha value is -2.27. The molecule has 20 heavy (non-hydrogen) atoms. The molecule has 2 aromatic carbocycles. The van der Waals surface area contributed by atoms with Gasteiger partial charge in [0.05, 0.1) is 11.3 Å². The van der Waals surface area contributed by atoms with Crippen LogP contribution in [-0.2, 0) is 4.79 Å². The van der Waals surface area contributed by atoms with E-state index < -0.39 is 5.97 Å². The summed E-state index contributed by atoms with van der Waals surface area (Å²) in [6.07, 6.45) is 0. The van der Waals surface area contributed by atoms with E-state index in [0.29, 0.717) is 5.69 Å². The number of amides is 1. The van der Waals surface area contributed by atoms with Crippen LogP contribution in [0.15, 0.2) is 58.3 Å². The standard InChI is InChI=1S/C15H13NO3S/c1-10(17)16-13-9-11(15(18)19)7-8-14(13)20-12-5-3-2-4-6-12/h2-9H,1H3,(H,16,17)(H,18,19). The van der Waals surface area contributed by atoms with E-state index in [2.05, 4.69) is 5.32 Å². The zero-order valence-corrected chi connectivity index (χ0v) is 11.6. The van der Waals surface area contributed by atoms with Crippen LogP contribution in [-0.4, -0.2) is 17.0 Å².